The van der Waals surface area contributed by atoms with Gasteiger partial charge in [-0.1, -0.05) is 36.9 Å². The molecule has 0 amide bonds. The molecule has 0 spiro atoms. The van der Waals surface area contributed by atoms with Gasteiger partial charge in [0.05, 0.1) is 19.1 Å². The van der Waals surface area contributed by atoms with E-state index in [2.05, 4.69) is 11.7 Å². The van der Waals surface area contributed by atoms with Crippen LogP contribution in [0, 0.1) is 69.9 Å². The van der Waals surface area contributed by atoms with Crippen LogP contribution in [-0.4, -0.2) is 25.3 Å². The van der Waals surface area contributed by atoms with E-state index in [1.807, 2.05) is 0 Å². The molecule has 0 unspecified atom stereocenters. The molecular formula is C30H24BF10N. The van der Waals surface area contributed by atoms with Crippen LogP contribution in [-0.2, 0) is 0 Å². The molecule has 1 nitrogen and oxygen atoms in total. The average molecular weight is 599 g/mol. The Hall–Kier alpha value is -3.46. The molecule has 2 fully saturated rings. The van der Waals surface area contributed by atoms with Crippen molar-refractivity contribution in [1.82, 2.24) is 0 Å². The molecule has 0 bridgehead atoms. The van der Waals surface area contributed by atoms with Crippen molar-refractivity contribution in [2.24, 2.45) is 0 Å². The maximum atomic E-state index is 15.8. The minimum Gasteiger partial charge on any atom is -0.335 e. The predicted molar refractivity (Wildman–Crippen MR) is 137 cm³/mol. The molecule has 5 rings (SSSR count). The van der Waals surface area contributed by atoms with E-state index in [1.54, 1.807) is 6.07 Å². The fraction of sp³-hybridized carbons (Fsp3) is 0.333. The average Bonchev–Trinajstić information content (AvgIpc) is 3.51. The molecule has 1 saturated heterocycles. The Morgan fingerprint density at radius 2 is 1.00 bits per heavy atom. The maximum absolute atomic E-state index is 15.8. The van der Waals surface area contributed by atoms with E-state index >= 15 is 17.6 Å². The molecule has 42 heavy (non-hydrogen) atoms. The highest BCUT2D eigenvalue weighted by Crippen LogP contribution is 2.40. The van der Waals surface area contributed by atoms with Crippen molar-refractivity contribution in [3.05, 3.63) is 94.1 Å². The molecule has 1 N–H and O–H groups in total. The van der Waals surface area contributed by atoms with E-state index in [4.69, 9.17) is 0 Å². The number of hydrogen-bond acceptors (Lipinski definition) is 0. The van der Waals surface area contributed by atoms with Gasteiger partial charge in [-0.05, 0) is 37.8 Å². The third-order valence-electron chi connectivity index (χ3n) is 8.85. The van der Waals surface area contributed by atoms with Gasteiger partial charge in [0.25, 0.3) is 0 Å². The predicted octanol–water partition coefficient (Wildman–Crippen LogP) is 5.22. The maximum Gasteiger partial charge on any atom is 0.200 e. The van der Waals surface area contributed by atoms with E-state index in [1.165, 1.54) is 24.3 Å². The van der Waals surface area contributed by atoms with Crippen molar-refractivity contribution in [2.75, 3.05) is 13.1 Å². The number of halogens is 10. The number of piperidine rings is 1. The lowest BCUT2D eigenvalue weighted by molar-refractivity contribution is -0.929. The van der Waals surface area contributed by atoms with E-state index < -0.39 is 87.1 Å². The Kier molecular flexibility index (Phi) is 8.34. The van der Waals surface area contributed by atoms with Crippen LogP contribution in [0.5, 0.6) is 0 Å². The van der Waals surface area contributed by atoms with E-state index in [-0.39, 0.29) is 12.0 Å². The number of nitrogens with one attached hydrogen (secondary N) is 1. The van der Waals surface area contributed by atoms with Crippen molar-refractivity contribution in [3.63, 3.8) is 0 Å². The lowest BCUT2D eigenvalue weighted by Gasteiger charge is -2.47. The minimum absolute atomic E-state index is 0.0728. The zero-order valence-electron chi connectivity index (χ0n) is 22.1. The fourth-order valence-electron chi connectivity index (χ4n) is 7.06. The highest BCUT2D eigenvalue weighted by atomic mass is 19.2. The first-order valence-electron chi connectivity index (χ1n) is 13.6. The largest absolute Gasteiger partial charge is 0.335 e. The van der Waals surface area contributed by atoms with Crippen LogP contribution in [0.4, 0.5) is 43.9 Å². The Labute approximate surface area is 235 Å². The van der Waals surface area contributed by atoms with Gasteiger partial charge in [0.2, 0.25) is 0 Å². The first-order valence-corrected chi connectivity index (χ1v) is 13.6. The molecule has 0 aromatic heterocycles. The molecule has 2 aliphatic rings. The van der Waals surface area contributed by atoms with Gasteiger partial charge in [0.1, 0.15) is 29.4 Å². The molecule has 0 radical (unpaired) electrons. The fourth-order valence-corrected chi connectivity index (χ4v) is 7.06. The van der Waals surface area contributed by atoms with Crippen LogP contribution in [0.2, 0.25) is 5.82 Å². The molecule has 12 heteroatoms. The molecule has 1 aliphatic heterocycles. The van der Waals surface area contributed by atoms with Gasteiger partial charge in [-0.25, -0.2) is 43.9 Å². The van der Waals surface area contributed by atoms with Crippen molar-refractivity contribution in [3.8, 4) is 11.7 Å². The summed E-state index contributed by atoms with van der Waals surface area (Å²) in [6, 6.07) is 6.74. The summed E-state index contributed by atoms with van der Waals surface area (Å²) in [4.78, 5) is 0.851. The second-order valence-corrected chi connectivity index (χ2v) is 11.0. The van der Waals surface area contributed by atoms with Crippen LogP contribution in [0.1, 0.15) is 44.1 Å². The number of hydrogen-bond donors (Lipinski definition) is 1. The molecule has 3 aromatic carbocycles. The Balaban J connectivity index is 1.97. The monoisotopic (exact) mass is 599 g/mol. The third kappa shape index (κ3) is 4.75. The van der Waals surface area contributed by atoms with Crippen LogP contribution >= 0.6 is 0 Å². The molecule has 1 aliphatic carbocycles. The lowest BCUT2D eigenvalue weighted by atomic mass is 9.12. The molecule has 2 atom stereocenters. The normalized spacial score (nSPS) is 19.6. The first-order chi connectivity index (χ1) is 20.0. The zero-order chi connectivity index (χ0) is 30.3. The van der Waals surface area contributed by atoms with Gasteiger partial charge < -0.3 is 4.90 Å². The van der Waals surface area contributed by atoms with Crippen molar-refractivity contribution in [1.29, 1.82) is 0 Å². The lowest BCUT2D eigenvalue weighted by Crippen LogP contribution is -3.17. The van der Waals surface area contributed by atoms with Gasteiger partial charge in [0.15, 0.2) is 34.9 Å². The van der Waals surface area contributed by atoms with Gasteiger partial charge in [-0.15, -0.1) is 16.8 Å². The summed E-state index contributed by atoms with van der Waals surface area (Å²) >= 11 is 0. The number of rotatable bonds is 4. The Morgan fingerprint density at radius 1 is 0.548 bits per heavy atom. The summed E-state index contributed by atoms with van der Waals surface area (Å²) in [5, 5.41) is 0. The summed E-state index contributed by atoms with van der Waals surface area (Å²) in [6.07, 6.45) is -1.31. The van der Waals surface area contributed by atoms with Crippen molar-refractivity contribution < 1.29 is 48.8 Å². The molecule has 1 heterocycles. The van der Waals surface area contributed by atoms with E-state index in [0.29, 0.717) is 25.9 Å². The second-order valence-electron chi connectivity index (χ2n) is 11.0. The smallest absolute Gasteiger partial charge is 0.200 e. The summed E-state index contributed by atoms with van der Waals surface area (Å²) < 4.78 is 151. The van der Waals surface area contributed by atoms with Gasteiger partial charge in [-0.3, -0.25) is 5.82 Å². The topological polar surface area (TPSA) is 4.44 Å². The van der Waals surface area contributed by atoms with Gasteiger partial charge >= 0.3 is 0 Å². The molecule has 3 aromatic rings. The van der Waals surface area contributed by atoms with Crippen molar-refractivity contribution in [2.45, 2.75) is 50.4 Å². The van der Waals surface area contributed by atoms with E-state index in [0.717, 1.165) is 24.2 Å². The third-order valence-corrected chi connectivity index (χ3v) is 8.85. The highest BCUT2D eigenvalue weighted by Gasteiger charge is 2.52. The highest BCUT2D eigenvalue weighted by molar-refractivity contribution is 7.09. The molecule has 1 saturated carbocycles. The quantitative estimate of drug-likeness (QED) is 0.138. The number of benzene rings is 3. The molecule has 222 valence electrons. The van der Waals surface area contributed by atoms with Gasteiger partial charge in [0, 0.05) is 5.56 Å². The summed E-state index contributed by atoms with van der Waals surface area (Å²) in [6.45, 7) is 1.07. The van der Waals surface area contributed by atoms with E-state index in [9.17, 15) is 26.3 Å². The Morgan fingerprint density at radius 3 is 1.48 bits per heavy atom. The number of likely N-dealkylation sites (tertiary alicyclic amines) is 1. The second kappa shape index (κ2) is 11.7. The van der Waals surface area contributed by atoms with Crippen LogP contribution in [0.15, 0.2) is 30.3 Å². The minimum atomic E-state index is -4.21. The summed E-state index contributed by atoms with van der Waals surface area (Å²) in [7, 11) is 0. The van der Waals surface area contributed by atoms with Crippen LogP contribution in [0.25, 0.3) is 0 Å². The van der Waals surface area contributed by atoms with Crippen LogP contribution in [0.3, 0.4) is 0 Å². The molecular weight excluding hydrogens is 575 g/mol. The first kappa shape index (κ1) is 30.0. The SMILES string of the molecule is Fc1c(F)c(F)c([B-](C#Cc2ccccc2)(c2c(F)c(F)c(F)c(F)c2F)[C@@H]2CCC[C@@H]2[NH+]2CCCCC2)c(F)c1F. The summed E-state index contributed by atoms with van der Waals surface area (Å²) in [5.74, 6) is -20.8. The summed E-state index contributed by atoms with van der Waals surface area (Å²) in [5.41, 5.74) is -3.26. The number of quaternary nitrogens is 1. The van der Waals surface area contributed by atoms with Gasteiger partial charge in [-0.2, -0.15) is 0 Å². The Bertz CT molecular complexity index is 1450. The van der Waals surface area contributed by atoms with Crippen molar-refractivity contribution >= 4 is 17.1 Å². The van der Waals surface area contributed by atoms with Crippen LogP contribution < -0.4 is 15.8 Å². The zero-order valence-corrected chi connectivity index (χ0v) is 22.1. The standard InChI is InChI=1S/C30H23BF10N/c32-21-19(22(33)26(37)29(40)25(21)36)31(13-12-16-8-3-1-4-9-16,20-23(34)27(38)30(41)28(39)24(20)35)17-10-7-11-18(17)42-14-5-2-6-15-42/h1,3-4,8-9,17-18H,2,5-7,10-11,14-15H2/q-1/p+1/t17-,18+/m1/s1.